The molecule has 1 aromatic rings. The molecule has 1 fully saturated rings. The van der Waals surface area contributed by atoms with E-state index in [1.807, 2.05) is 0 Å². The highest BCUT2D eigenvalue weighted by Crippen LogP contribution is 2.42. The van der Waals surface area contributed by atoms with Crippen molar-refractivity contribution in [3.8, 4) is 0 Å². The van der Waals surface area contributed by atoms with E-state index in [0.717, 1.165) is 5.92 Å². The summed E-state index contributed by atoms with van der Waals surface area (Å²) in [6.07, 6.45) is 11.1. The largest absolute Gasteiger partial charge is 0.319 e. The molecule has 118 valence electrons. The number of rotatable bonds is 7. The maximum absolute atomic E-state index is 3.47. The van der Waals surface area contributed by atoms with E-state index in [2.05, 4.69) is 50.5 Å². The van der Waals surface area contributed by atoms with Crippen LogP contribution in [0.15, 0.2) is 24.3 Å². The predicted octanol–water partition coefficient (Wildman–Crippen LogP) is 5.12. The minimum Gasteiger partial charge on any atom is -0.319 e. The van der Waals surface area contributed by atoms with Crippen LogP contribution in [0.5, 0.6) is 0 Å². The van der Waals surface area contributed by atoms with E-state index in [9.17, 15) is 0 Å². The molecule has 0 saturated heterocycles. The van der Waals surface area contributed by atoms with Gasteiger partial charge in [-0.15, -0.1) is 0 Å². The monoisotopic (exact) mass is 287 g/mol. The summed E-state index contributed by atoms with van der Waals surface area (Å²) >= 11 is 0. The van der Waals surface area contributed by atoms with Crippen molar-refractivity contribution < 1.29 is 0 Å². The second kappa shape index (κ2) is 7.98. The smallest absolute Gasteiger partial charge is 0.000800 e. The first-order valence-corrected chi connectivity index (χ1v) is 8.87. The third-order valence-electron chi connectivity index (χ3n) is 5.38. The zero-order chi connectivity index (χ0) is 15.1. The summed E-state index contributed by atoms with van der Waals surface area (Å²) in [5.41, 5.74) is 3.37. The zero-order valence-corrected chi connectivity index (χ0v) is 14.3. The summed E-state index contributed by atoms with van der Waals surface area (Å²) in [7, 11) is 2.11. The molecule has 0 unspecified atom stereocenters. The van der Waals surface area contributed by atoms with Crippen LogP contribution in [0.2, 0.25) is 0 Å². The van der Waals surface area contributed by atoms with E-state index in [0.29, 0.717) is 5.41 Å². The van der Waals surface area contributed by atoms with Crippen molar-refractivity contribution in [2.24, 2.45) is 11.3 Å². The number of hydrogen-bond acceptors (Lipinski definition) is 1. The fourth-order valence-corrected chi connectivity index (χ4v) is 4.00. The van der Waals surface area contributed by atoms with Crippen LogP contribution in [-0.2, 0) is 6.42 Å². The third kappa shape index (κ3) is 4.85. The molecule has 1 heteroatoms. The molecule has 0 spiro atoms. The van der Waals surface area contributed by atoms with Crippen LogP contribution in [0, 0.1) is 18.3 Å². The van der Waals surface area contributed by atoms with Crippen LogP contribution >= 0.6 is 0 Å². The minimum absolute atomic E-state index is 0.493. The van der Waals surface area contributed by atoms with Gasteiger partial charge in [0.15, 0.2) is 0 Å². The predicted molar refractivity (Wildman–Crippen MR) is 92.7 cm³/mol. The summed E-state index contributed by atoms with van der Waals surface area (Å²) in [6, 6.07) is 9.18. The molecule has 0 atom stereocenters. The Balaban J connectivity index is 1.96. The highest BCUT2D eigenvalue weighted by Gasteiger charge is 2.34. The van der Waals surface area contributed by atoms with E-state index in [1.54, 1.807) is 0 Å². The molecule has 1 aliphatic rings. The molecule has 21 heavy (non-hydrogen) atoms. The molecule has 0 radical (unpaired) electrons. The van der Waals surface area contributed by atoms with E-state index in [-0.39, 0.29) is 0 Å². The molecular weight excluding hydrogens is 254 g/mol. The van der Waals surface area contributed by atoms with Crippen molar-refractivity contribution in [2.75, 3.05) is 13.6 Å². The Kier molecular flexibility index (Phi) is 6.29. The Labute approximate surface area is 131 Å². The fraction of sp³-hybridized carbons (Fsp3) is 0.700. The highest BCUT2D eigenvalue weighted by molar-refractivity contribution is 5.22. The average molecular weight is 287 g/mol. The Bertz CT molecular complexity index is 398. The SMILES string of the molecule is CCCCC1CCC(CNC)(Cc2ccc(C)cc2)CC1. The van der Waals surface area contributed by atoms with Gasteiger partial charge in [0.25, 0.3) is 0 Å². The maximum Gasteiger partial charge on any atom is 0.000800 e. The van der Waals surface area contributed by atoms with Gasteiger partial charge in [0.2, 0.25) is 0 Å². The summed E-state index contributed by atoms with van der Waals surface area (Å²) in [5.74, 6) is 0.993. The van der Waals surface area contributed by atoms with Crippen molar-refractivity contribution in [1.29, 1.82) is 0 Å². The first-order chi connectivity index (χ1) is 10.2. The van der Waals surface area contributed by atoms with Gasteiger partial charge in [0.1, 0.15) is 0 Å². The molecule has 1 aliphatic carbocycles. The van der Waals surface area contributed by atoms with E-state index in [1.165, 1.54) is 69.0 Å². The van der Waals surface area contributed by atoms with Crippen LogP contribution in [-0.4, -0.2) is 13.6 Å². The van der Waals surface area contributed by atoms with Gasteiger partial charge >= 0.3 is 0 Å². The van der Waals surface area contributed by atoms with Gasteiger partial charge in [-0.05, 0) is 63.0 Å². The van der Waals surface area contributed by atoms with E-state index in [4.69, 9.17) is 0 Å². The molecular formula is C20H33N. The van der Waals surface area contributed by atoms with Crippen molar-refractivity contribution in [1.82, 2.24) is 5.32 Å². The lowest BCUT2D eigenvalue weighted by Crippen LogP contribution is -2.38. The molecule has 1 aromatic carbocycles. The van der Waals surface area contributed by atoms with Crippen LogP contribution in [0.1, 0.15) is 63.0 Å². The van der Waals surface area contributed by atoms with Crippen molar-refractivity contribution in [3.63, 3.8) is 0 Å². The lowest BCUT2D eigenvalue weighted by Gasteiger charge is -2.40. The second-order valence-corrected chi connectivity index (χ2v) is 7.28. The van der Waals surface area contributed by atoms with E-state index < -0.39 is 0 Å². The average Bonchev–Trinajstić information content (AvgIpc) is 2.50. The minimum atomic E-state index is 0.493. The number of aryl methyl sites for hydroxylation is 1. The molecule has 0 aliphatic heterocycles. The number of hydrogen-bond donors (Lipinski definition) is 1. The summed E-state index contributed by atoms with van der Waals surface area (Å²) in [6.45, 7) is 5.65. The van der Waals surface area contributed by atoms with Gasteiger partial charge in [0.05, 0.1) is 0 Å². The highest BCUT2D eigenvalue weighted by atomic mass is 14.8. The summed E-state index contributed by atoms with van der Waals surface area (Å²) in [4.78, 5) is 0. The number of benzene rings is 1. The fourth-order valence-electron chi connectivity index (χ4n) is 4.00. The second-order valence-electron chi connectivity index (χ2n) is 7.28. The van der Waals surface area contributed by atoms with E-state index >= 15 is 0 Å². The molecule has 2 rings (SSSR count). The van der Waals surface area contributed by atoms with Gasteiger partial charge in [0, 0.05) is 6.54 Å². The molecule has 0 bridgehead atoms. The molecule has 1 saturated carbocycles. The molecule has 0 amide bonds. The molecule has 1 nitrogen and oxygen atoms in total. The van der Waals surface area contributed by atoms with Crippen molar-refractivity contribution in [2.45, 2.75) is 65.2 Å². The summed E-state index contributed by atoms with van der Waals surface area (Å²) < 4.78 is 0. The van der Waals surface area contributed by atoms with Crippen LogP contribution in [0.4, 0.5) is 0 Å². The zero-order valence-electron chi connectivity index (χ0n) is 14.3. The van der Waals surface area contributed by atoms with Crippen LogP contribution in [0.25, 0.3) is 0 Å². The Morgan fingerprint density at radius 3 is 2.38 bits per heavy atom. The van der Waals surface area contributed by atoms with Crippen LogP contribution < -0.4 is 5.32 Å². The lowest BCUT2D eigenvalue weighted by molar-refractivity contribution is 0.141. The lowest BCUT2D eigenvalue weighted by atomic mass is 9.66. The first kappa shape index (κ1) is 16.5. The first-order valence-electron chi connectivity index (χ1n) is 8.87. The van der Waals surface area contributed by atoms with Gasteiger partial charge < -0.3 is 5.32 Å². The van der Waals surface area contributed by atoms with Gasteiger partial charge in [-0.1, -0.05) is 56.0 Å². The quantitative estimate of drug-likeness (QED) is 0.733. The normalized spacial score (nSPS) is 26.0. The molecule has 0 aromatic heterocycles. The van der Waals surface area contributed by atoms with Gasteiger partial charge in [-0.3, -0.25) is 0 Å². The Hall–Kier alpha value is -0.820. The number of nitrogens with one attached hydrogen (secondary N) is 1. The third-order valence-corrected chi connectivity index (χ3v) is 5.38. The topological polar surface area (TPSA) is 12.0 Å². The van der Waals surface area contributed by atoms with Crippen molar-refractivity contribution in [3.05, 3.63) is 35.4 Å². The maximum atomic E-state index is 3.47. The molecule has 0 heterocycles. The van der Waals surface area contributed by atoms with Crippen molar-refractivity contribution >= 4 is 0 Å². The standard InChI is InChI=1S/C20H33N/c1-4-5-6-18-11-13-20(14-12-18,16-21-3)15-19-9-7-17(2)8-10-19/h7-10,18,21H,4-6,11-16H2,1-3H3. The van der Waals surface area contributed by atoms with Gasteiger partial charge in [-0.25, -0.2) is 0 Å². The van der Waals surface area contributed by atoms with Gasteiger partial charge in [-0.2, -0.15) is 0 Å². The Morgan fingerprint density at radius 2 is 1.81 bits per heavy atom. The molecule has 1 N–H and O–H groups in total. The summed E-state index contributed by atoms with van der Waals surface area (Å²) in [5, 5.41) is 3.47. The number of unbranched alkanes of at least 4 members (excludes halogenated alkanes) is 1. The van der Waals surface area contributed by atoms with Crippen LogP contribution in [0.3, 0.4) is 0 Å². The Morgan fingerprint density at radius 1 is 1.14 bits per heavy atom.